The van der Waals surface area contributed by atoms with Crippen LogP contribution in [0.4, 0.5) is 0 Å². The fourth-order valence-electron chi connectivity index (χ4n) is 9.80. The van der Waals surface area contributed by atoms with E-state index in [1.54, 1.807) is 0 Å². The predicted molar refractivity (Wildman–Crippen MR) is 340 cm³/mol. The molecule has 0 fully saturated rings. The van der Waals surface area contributed by atoms with Gasteiger partial charge in [-0.25, -0.2) is 9.13 Å². The summed E-state index contributed by atoms with van der Waals surface area (Å²) in [5, 5.41) is 10.5. The van der Waals surface area contributed by atoms with Crippen molar-refractivity contribution in [2.75, 3.05) is 39.6 Å². The summed E-state index contributed by atoms with van der Waals surface area (Å²) in [6.45, 7) is 11.7. The lowest BCUT2D eigenvalue weighted by atomic mass is 9.99. The fourth-order valence-corrected chi connectivity index (χ4v) is 11.4. The van der Waals surface area contributed by atoms with Gasteiger partial charge in [0.05, 0.1) is 26.4 Å². The fraction of sp³-hybridized carbons (Fsp3) is 0.939. The van der Waals surface area contributed by atoms with Crippen LogP contribution in [0, 0.1) is 17.8 Å². The number of unbranched alkanes of at least 4 members (excludes halogenated alkanes) is 31. The SMILES string of the molecule is CCCCCCCCCCC(=O)OC[C@H](COP(=O)(O)OC[C@H](O)COP(=O)(O)OC[C@@H](COC(=O)CCCCCCCCCCC(C)CC)OC(=O)CCCCCCCCCCCCCC(C)C)OC(=O)CCCCCCCCCCC(C)C. The van der Waals surface area contributed by atoms with Gasteiger partial charge in [-0.15, -0.1) is 0 Å². The van der Waals surface area contributed by atoms with Gasteiger partial charge < -0.3 is 33.8 Å². The van der Waals surface area contributed by atoms with E-state index in [4.69, 9.17) is 37.0 Å². The maximum atomic E-state index is 13.0. The number of phosphoric ester groups is 2. The molecule has 0 amide bonds. The van der Waals surface area contributed by atoms with E-state index in [-0.39, 0.29) is 25.7 Å². The van der Waals surface area contributed by atoms with Crippen molar-refractivity contribution in [3.8, 4) is 0 Å². The summed E-state index contributed by atoms with van der Waals surface area (Å²) in [7, 11) is -9.89. The summed E-state index contributed by atoms with van der Waals surface area (Å²) in [5.41, 5.74) is 0. The minimum absolute atomic E-state index is 0.104. The normalized spacial score (nSPS) is 14.6. The van der Waals surface area contributed by atoms with Crippen LogP contribution in [0.25, 0.3) is 0 Å². The summed E-state index contributed by atoms with van der Waals surface area (Å²) in [5.74, 6) is 0.125. The van der Waals surface area contributed by atoms with Crippen molar-refractivity contribution in [1.82, 2.24) is 0 Å². The molecule has 504 valence electrons. The van der Waals surface area contributed by atoms with E-state index < -0.39 is 97.5 Å². The monoisotopic (exact) mass is 1250 g/mol. The van der Waals surface area contributed by atoms with Crippen molar-refractivity contribution >= 4 is 39.5 Å². The lowest BCUT2D eigenvalue weighted by molar-refractivity contribution is -0.161. The molecule has 0 saturated carbocycles. The largest absolute Gasteiger partial charge is 0.472 e. The van der Waals surface area contributed by atoms with E-state index in [1.165, 1.54) is 128 Å². The molecular weight excluding hydrogens is 1130 g/mol. The van der Waals surface area contributed by atoms with E-state index in [9.17, 15) is 43.2 Å². The van der Waals surface area contributed by atoms with E-state index in [0.717, 1.165) is 114 Å². The van der Waals surface area contributed by atoms with E-state index >= 15 is 0 Å². The van der Waals surface area contributed by atoms with Gasteiger partial charge in [-0.1, -0.05) is 273 Å². The molecule has 17 nitrogen and oxygen atoms in total. The quantitative estimate of drug-likeness (QED) is 0.0222. The van der Waals surface area contributed by atoms with E-state index in [0.29, 0.717) is 25.7 Å². The zero-order valence-corrected chi connectivity index (χ0v) is 56.9. The average Bonchev–Trinajstić information content (AvgIpc) is 3.52. The number of carbonyl (C=O) groups excluding carboxylic acids is 4. The Balaban J connectivity index is 5.24. The first kappa shape index (κ1) is 83.1. The Morgan fingerprint density at radius 1 is 0.341 bits per heavy atom. The highest BCUT2D eigenvalue weighted by Gasteiger charge is 2.30. The highest BCUT2D eigenvalue weighted by Crippen LogP contribution is 2.45. The average molecular weight is 1260 g/mol. The Morgan fingerprint density at radius 2 is 0.600 bits per heavy atom. The number of aliphatic hydroxyl groups excluding tert-OH is 1. The Kier molecular flexibility index (Phi) is 55.9. The molecule has 3 N–H and O–H groups in total. The summed E-state index contributed by atoms with van der Waals surface area (Å²) in [6, 6.07) is 0. The third kappa shape index (κ3) is 59.5. The molecule has 0 aromatic heterocycles. The van der Waals surface area contributed by atoms with E-state index in [2.05, 4.69) is 48.5 Å². The lowest BCUT2D eigenvalue weighted by Gasteiger charge is -2.21. The van der Waals surface area contributed by atoms with Crippen LogP contribution in [-0.4, -0.2) is 96.7 Å². The number of carbonyl (C=O) groups is 4. The van der Waals surface area contributed by atoms with Crippen molar-refractivity contribution < 1.29 is 80.2 Å². The molecule has 0 radical (unpaired) electrons. The minimum atomic E-state index is -4.95. The first-order valence-corrected chi connectivity index (χ1v) is 37.4. The van der Waals surface area contributed by atoms with E-state index in [1.807, 2.05) is 0 Å². The number of ether oxygens (including phenoxy) is 4. The van der Waals surface area contributed by atoms with Crippen molar-refractivity contribution in [2.45, 2.75) is 343 Å². The van der Waals surface area contributed by atoms with Crippen LogP contribution in [0.1, 0.15) is 325 Å². The molecule has 0 bridgehead atoms. The number of hydrogen-bond donors (Lipinski definition) is 3. The molecule has 85 heavy (non-hydrogen) atoms. The maximum absolute atomic E-state index is 13.0. The van der Waals surface area contributed by atoms with Crippen LogP contribution < -0.4 is 0 Å². The molecule has 0 heterocycles. The number of phosphoric acid groups is 2. The number of hydrogen-bond acceptors (Lipinski definition) is 15. The van der Waals surface area contributed by atoms with Crippen LogP contribution in [0.3, 0.4) is 0 Å². The molecule has 0 rings (SSSR count). The molecule has 0 aromatic carbocycles. The summed E-state index contributed by atoms with van der Waals surface area (Å²) >= 11 is 0. The second kappa shape index (κ2) is 57.2. The molecule has 0 spiro atoms. The Bertz CT molecular complexity index is 1680. The molecule has 0 aliphatic heterocycles. The molecule has 19 heteroatoms. The van der Waals surface area contributed by atoms with Crippen LogP contribution in [0.2, 0.25) is 0 Å². The Labute approximate surface area is 517 Å². The number of aliphatic hydroxyl groups is 1. The van der Waals surface area contributed by atoms with Gasteiger partial charge in [0.15, 0.2) is 12.2 Å². The highest BCUT2D eigenvalue weighted by molar-refractivity contribution is 7.47. The second-order valence-electron chi connectivity index (χ2n) is 25.1. The van der Waals surface area contributed by atoms with Crippen molar-refractivity contribution in [1.29, 1.82) is 0 Å². The van der Waals surface area contributed by atoms with Gasteiger partial charge >= 0.3 is 39.5 Å². The highest BCUT2D eigenvalue weighted by atomic mass is 31.2. The van der Waals surface area contributed by atoms with Crippen molar-refractivity contribution in [3.63, 3.8) is 0 Å². The van der Waals surface area contributed by atoms with Crippen LogP contribution in [0.15, 0.2) is 0 Å². The zero-order chi connectivity index (χ0) is 63.1. The molecule has 0 aromatic rings. The third-order valence-corrected chi connectivity index (χ3v) is 17.4. The standard InChI is InChI=1S/C66H128O17P2/c1-8-10-11-12-13-26-33-40-47-63(68)76-53-61(83-66(71)50-43-36-29-21-19-24-31-38-45-58(5)6)55-80-84(72,73)78-51-60(67)52-79-85(74,75)81-56-62(54-77-64(69)48-41-34-27-22-20-25-32-39-46-59(7)9-2)82-65(70)49-42-35-28-18-16-14-15-17-23-30-37-44-57(3)4/h57-62,67H,8-56H2,1-7H3,(H,72,73)(H,74,75)/t59?,60-,61+,62+/m0/s1. The van der Waals surface area contributed by atoms with Gasteiger partial charge in [0, 0.05) is 25.7 Å². The van der Waals surface area contributed by atoms with Gasteiger partial charge in [-0.3, -0.25) is 37.3 Å². The zero-order valence-electron chi connectivity index (χ0n) is 55.1. The summed E-state index contributed by atoms with van der Waals surface area (Å²) in [6.07, 6.45) is 38.9. The van der Waals surface area contributed by atoms with Gasteiger partial charge in [0.2, 0.25) is 0 Å². The first-order chi connectivity index (χ1) is 40.8. The van der Waals surface area contributed by atoms with Gasteiger partial charge in [-0.05, 0) is 43.4 Å². The number of esters is 4. The second-order valence-corrected chi connectivity index (χ2v) is 28.0. The van der Waals surface area contributed by atoms with Crippen LogP contribution in [-0.2, 0) is 65.4 Å². The van der Waals surface area contributed by atoms with Crippen LogP contribution >= 0.6 is 15.6 Å². The predicted octanol–water partition coefficient (Wildman–Crippen LogP) is 18.3. The molecular formula is C66H128O17P2. The Hall–Kier alpha value is -1.94. The third-order valence-electron chi connectivity index (χ3n) is 15.5. The summed E-state index contributed by atoms with van der Waals surface area (Å²) < 4.78 is 68.1. The smallest absolute Gasteiger partial charge is 0.462 e. The lowest BCUT2D eigenvalue weighted by Crippen LogP contribution is -2.30. The van der Waals surface area contributed by atoms with Crippen molar-refractivity contribution in [3.05, 3.63) is 0 Å². The van der Waals surface area contributed by atoms with Gasteiger partial charge in [-0.2, -0.15) is 0 Å². The maximum Gasteiger partial charge on any atom is 0.472 e. The minimum Gasteiger partial charge on any atom is -0.462 e. The van der Waals surface area contributed by atoms with Crippen LogP contribution in [0.5, 0.6) is 0 Å². The first-order valence-electron chi connectivity index (χ1n) is 34.4. The summed E-state index contributed by atoms with van der Waals surface area (Å²) in [4.78, 5) is 72.3. The molecule has 6 atom stereocenters. The molecule has 3 unspecified atom stereocenters. The van der Waals surface area contributed by atoms with Gasteiger partial charge in [0.25, 0.3) is 0 Å². The Morgan fingerprint density at radius 3 is 0.894 bits per heavy atom. The topological polar surface area (TPSA) is 237 Å². The number of rotatable bonds is 64. The molecule has 0 aliphatic carbocycles. The van der Waals surface area contributed by atoms with Gasteiger partial charge in [0.1, 0.15) is 19.3 Å². The van der Waals surface area contributed by atoms with Crippen molar-refractivity contribution in [2.24, 2.45) is 17.8 Å². The molecule has 0 aliphatic rings. The molecule has 0 saturated heterocycles.